The first-order valence-electron chi connectivity index (χ1n) is 7.29. The lowest BCUT2D eigenvalue weighted by molar-refractivity contribution is -0.137. The molecule has 0 aromatic heterocycles. The quantitative estimate of drug-likeness (QED) is 0.751. The first-order valence-corrected chi connectivity index (χ1v) is 7.67. The molecule has 0 saturated carbocycles. The predicted octanol–water partition coefficient (Wildman–Crippen LogP) is 4.33. The number of carbonyl (C=O) groups excluding carboxylic acids is 2. The van der Waals surface area contributed by atoms with Crippen LogP contribution in [0.15, 0.2) is 42.5 Å². The highest BCUT2D eigenvalue weighted by Crippen LogP contribution is 2.36. The molecule has 0 aliphatic rings. The van der Waals surface area contributed by atoms with E-state index in [0.29, 0.717) is 17.5 Å². The van der Waals surface area contributed by atoms with E-state index in [0.717, 1.165) is 6.07 Å². The predicted molar refractivity (Wildman–Crippen MR) is 91.3 cm³/mol. The van der Waals surface area contributed by atoms with Crippen LogP contribution in [-0.4, -0.2) is 18.9 Å². The Labute approximate surface area is 152 Å². The number of hydrogen-bond donors (Lipinski definition) is 2. The molecule has 0 bridgehead atoms. The van der Waals surface area contributed by atoms with Gasteiger partial charge < -0.3 is 15.4 Å². The Morgan fingerprint density at radius 2 is 1.65 bits per heavy atom. The molecule has 0 unspecified atom stereocenters. The summed E-state index contributed by atoms with van der Waals surface area (Å²) in [7, 11) is 1.47. The molecule has 2 N–H and O–H groups in total. The molecule has 26 heavy (non-hydrogen) atoms. The van der Waals surface area contributed by atoms with Gasteiger partial charge >= 0.3 is 6.18 Å². The number of rotatable bonds is 5. The Hall–Kier alpha value is -2.74. The zero-order valence-electron chi connectivity index (χ0n) is 13.5. The molecule has 0 aliphatic heterocycles. The van der Waals surface area contributed by atoms with Crippen molar-refractivity contribution in [1.29, 1.82) is 0 Å². The van der Waals surface area contributed by atoms with Crippen LogP contribution in [0.3, 0.4) is 0 Å². The van der Waals surface area contributed by atoms with Crippen LogP contribution in [0.2, 0.25) is 5.02 Å². The number of halogens is 4. The number of ether oxygens (including phenoxy) is 1. The molecule has 0 atom stereocenters. The minimum Gasteiger partial charge on any atom is -0.497 e. The first-order chi connectivity index (χ1) is 12.2. The standard InChI is InChI=1S/C17H14ClF3N2O3/c1-26-12-4-2-3-10(7-12)22-15(24)9-16(25)23-11-5-6-14(18)13(8-11)17(19,20)21/h2-8H,9H2,1H3,(H,22,24)(H,23,25). The fourth-order valence-electron chi connectivity index (χ4n) is 2.08. The SMILES string of the molecule is COc1cccc(NC(=O)CC(=O)Nc2ccc(Cl)c(C(F)(F)F)c2)c1. The summed E-state index contributed by atoms with van der Waals surface area (Å²) in [5.41, 5.74) is -0.758. The topological polar surface area (TPSA) is 67.4 Å². The van der Waals surface area contributed by atoms with Crippen molar-refractivity contribution >= 4 is 34.8 Å². The molecule has 0 radical (unpaired) electrons. The number of nitrogens with one attached hydrogen (secondary N) is 2. The first kappa shape index (κ1) is 19.6. The molecule has 2 rings (SSSR count). The molecule has 0 spiro atoms. The maximum absolute atomic E-state index is 12.8. The van der Waals surface area contributed by atoms with Crippen molar-refractivity contribution in [2.24, 2.45) is 0 Å². The number of benzene rings is 2. The molecule has 5 nitrogen and oxygen atoms in total. The number of methoxy groups -OCH3 is 1. The number of alkyl halides is 3. The fraction of sp³-hybridized carbons (Fsp3) is 0.176. The third kappa shape index (κ3) is 5.38. The fourth-order valence-corrected chi connectivity index (χ4v) is 2.30. The van der Waals surface area contributed by atoms with E-state index in [1.165, 1.54) is 13.2 Å². The Morgan fingerprint density at radius 3 is 2.23 bits per heavy atom. The Balaban J connectivity index is 1.99. The normalized spacial score (nSPS) is 11.0. The second-order valence-electron chi connectivity index (χ2n) is 5.20. The zero-order valence-corrected chi connectivity index (χ0v) is 14.2. The van der Waals surface area contributed by atoms with E-state index in [2.05, 4.69) is 10.6 Å². The molecule has 0 saturated heterocycles. The van der Waals surface area contributed by atoms with Gasteiger partial charge in [0.2, 0.25) is 11.8 Å². The highest BCUT2D eigenvalue weighted by atomic mass is 35.5. The van der Waals surface area contributed by atoms with Gasteiger partial charge in [-0.25, -0.2) is 0 Å². The van der Waals surface area contributed by atoms with Gasteiger partial charge in [-0.3, -0.25) is 9.59 Å². The average Bonchev–Trinajstić information content (AvgIpc) is 2.55. The number of carbonyl (C=O) groups is 2. The van der Waals surface area contributed by atoms with Crippen LogP contribution in [0.4, 0.5) is 24.5 Å². The summed E-state index contributed by atoms with van der Waals surface area (Å²) in [6, 6.07) is 9.45. The van der Waals surface area contributed by atoms with Crippen LogP contribution >= 0.6 is 11.6 Å². The Kier molecular flexibility index (Phi) is 6.10. The van der Waals surface area contributed by atoms with Crippen molar-refractivity contribution in [3.63, 3.8) is 0 Å². The van der Waals surface area contributed by atoms with E-state index in [9.17, 15) is 22.8 Å². The summed E-state index contributed by atoms with van der Waals surface area (Å²) in [4.78, 5) is 23.8. The lowest BCUT2D eigenvalue weighted by atomic mass is 10.2. The van der Waals surface area contributed by atoms with Crippen molar-refractivity contribution < 1.29 is 27.5 Å². The molecule has 0 heterocycles. The molecule has 138 valence electrons. The van der Waals surface area contributed by atoms with Gasteiger partial charge in [0.15, 0.2) is 0 Å². The average molecular weight is 387 g/mol. The summed E-state index contributed by atoms with van der Waals surface area (Å²) >= 11 is 5.51. The van der Waals surface area contributed by atoms with Gasteiger partial charge in [0.25, 0.3) is 0 Å². The van der Waals surface area contributed by atoms with Gasteiger partial charge in [0.1, 0.15) is 12.2 Å². The van der Waals surface area contributed by atoms with Crippen LogP contribution in [0, 0.1) is 0 Å². The smallest absolute Gasteiger partial charge is 0.417 e. The monoisotopic (exact) mass is 386 g/mol. The molecule has 0 fully saturated rings. The van der Waals surface area contributed by atoms with E-state index in [1.807, 2.05) is 0 Å². The van der Waals surface area contributed by atoms with Crippen molar-refractivity contribution in [1.82, 2.24) is 0 Å². The number of hydrogen-bond acceptors (Lipinski definition) is 3. The van der Waals surface area contributed by atoms with Gasteiger partial charge in [-0.1, -0.05) is 17.7 Å². The van der Waals surface area contributed by atoms with Crippen molar-refractivity contribution in [2.45, 2.75) is 12.6 Å². The van der Waals surface area contributed by atoms with E-state index >= 15 is 0 Å². The highest BCUT2D eigenvalue weighted by Gasteiger charge is 2.33. The van der Waals surface area contributed by atoms with E-state index in [1.54, 1.807) is 24.3 Å². The van der Waals surface area contributed by atoms with Gasteiger partial charge in [-0.05, 0) is 30.3 Å². The van der Waals surface area contributed by atoms with Crippen molar-refractivity contribution in [3.05, 3.63) is 53.1 Å². The van der Waals surface area contributed by atoms with Crippen molar-refractivity contribution in [3.8, 4) is 5.75 Å². The maximum atomic E-state index is 12.8. The summed E-state index contributed by atoms with van der Waals surface area (Å²) in [5, 5.41) is 4.25. The van der Waals surface area contributed by atoms with Gasteiger partial charge in [0, 0.05) is 17.4 Å². The maximum Gasteiger partial charge on any atom is 0.417 e. The number of amides is 2. The lowest BCUT2D eigenvalue weighted by Crippen LogP contribution is -2.21. The molecular weight excluding hydrogens is 373 g/mol. The van der Waals surface area contributed by atoms with Crippen molar-refractivity contribution in [2.75, 3.05) is 17.7 Å². The van der Waals surface area contributed by atoms with Crippen LogP contribution in [0.25, 0.3) is 0 Å². The van der Waals surface area contributed by atoms with E-state index in [4.69, 9.17) is 16.3 Å². The van der Waals surface area contributed by atoms with E-state index < -0.39 is 35.0 Å². The Morgan fingerprint density at radius 1 is 1.04 bits per heavy atom. The zero-order chi connectivity index (χ0) is 19.3. The van der Waals surface area contributed by atoms with Crippen LogP contribution < -0.4 is 15.4 Å². The largest absolute Gasteiger partial charge is 0.497 e. The summed E-state index contributed by atoms with van der Waals surface area (Å²) in [6.45, 7) is 0. The summed E-state index contributed by atoms with van der Waals surface area (Å²) in [6.07, 6.45) is -5.22. The second-order valence-corrected chi connectivity index (χ2v) is 5.60. The molecule has 2 aromatic rings. The summed E-state index contributed by atoms with van der Waals surface area (Å²) < 4.78 is 43.4. The highest BCUT2D eigenvalue weighted by molar-refractivity contribution is 6.31. The van der Waals surface area contributed by atoms with Gasteiger partial charge in [-0.15, -0.1) is 0 Å². The number of anilines is 2. The third-order valence-electron chi connectivity index (χ3n) is 3.23. The molecule has 9 heteroatoms. The summed E-state index contributed by atoms with van der Waals surface area (Å²) in [5.74, 6) is -0.866. The second kappa shape index (κ2) is 8.09. The minimum atomic E-state index is -4.65. The van der Waals surface area contributed by atoms with Gasteiger partial charge in [0.05, 0.1) is 17.7 Å². The van der Waals surface area contributed by atoms with Gasteiger partial charge in [-0.2, -0.15) is 13.2 Å². The molecular formula is C17H14ClF3N2O3. The van der Waals surface area contributed by atoms with E-state index in [-0.39, 0.29) is 5.69 Å². The molecule has 0 aliphatic carbocycles. The molecule has 2 amide bonds. The molecule has 2 aromatic carbocycles. The Bertz CT molecular complexity index is 825. The van der Waals surface area contributed by atoms with Crippen LogP contribution in [0.1, 0.15) is 12.0 Å². The lowest BCUT2D eigenvalue weighted by Gasteiger charge is -2.12. The van der Waals surface area contributed by atoms with Crippen LogP contribution in [0.5, 0.6) is 5.75 Å². The van der Waals surface area contributed by atoms with Crippen LogP contribution in [-0.2, 0) is 15.8 Å². The third-order valence-corrected chi connectivity index (χ3v) is 3.56. The minimum absolute atomic E-state index is 0.110.